The summed E-state index contributed by atoms with van der Waals surface area (Å²) in [4.78, 5) is 13.5. The first-order valence-corrected chi connectivity index (χ1v) is 6.94. The van der Waals surface area contributed by atoms with E-state index in [-0.39, 0.29) is 12.2 Å². The Hall–Kier alpha value is -1.86. The van der Waals surface area contributed by atoms with Crippen LogP contribution in [-0.4, -0.2) is 27.0 Å². The van der Waals surface area contributed by atoms with Crippen molar-refractivity contribution in [3.63, 3.8) is 0 Å². The van der Waals surface area contributed by atoms with E-state index in [1.165, 1.54) is 14.0 Å². The molecular formula is C17H24N2O2. The maximum Gasteiger partial charge on any atom is 0.184 e. The Morgan fingerprint density at radius 2 is 1.81 bits per heavy atom. The van der Waals surface area contributed by atoms with E-state index >= 15 is 0 Å². The molecule has 0 aromatic heterocycles. The summed E-state index contributed by atoms with van der Waals surface area (Å²) in [6.45, 7) is 5.32. The molecule has 0 radical (unpaired) electrons. The zero-order chi connectivity index (χ0) is 16.3. The second-order valence-corrected chi connectivity index (χ2v) is 6.20. The number of hydrogen-bond acceptors (Lipinski definition) is 4. The van der Waals surface area contributed by atoms with Gasteiger partial charge < -0.3 is 14.4 Å². The zero-order valence-electron chi connectivity index (χ0n) is 13.7. The van der Waals surface area contributed by atoms with Gasteiger partial charge in [-0.3, -0.25) is 0 Å². The van der Waals surface area contributed by atoms with Crippen molar-refractivity contribution < 1.29 is 9.53 Å². The van der Waals surface area contributed by atoms with Crippen LogP contribution in [0.5, 0.6) is 0 Å². The summed E-state index contributed by atoms with van der Waals surface area (Å²) in [5.41, 5.74) is 0.0429. The van der Waals surface area contributed by atoms with Gasteiger partial charge in [-0.05, 0) is 24.6 Å². The highest BCUT2D eigenvalue weighted by Crippen LogP contribution is 2.45. The molecule has 0 bridgehead atoms. The topological polar surface area (TPSA) is 53.3 Å². The molecule has 21 heavy (non-hydrogen) atoms. The van der Waals surface area contributed by atoms with Crippen LogP contribution in [-0.2, 0) is 15.1 Å². The van der Waals surface area contributed by atoms with E-state index in [1.807, 2.05) is 57.1 Å². The molecule has 0 aliphatic carbocycles. The molecule has 0 spiro atoms. The van der Waals surface area contributed by atoms with Gasteiger partial charge >= 0.3 is 0 Å². The van der Waals surface area contributed by atoms with E-state index in [1.54, 1.807) is 0 Å². The highest BCUT2D eigenvalue weighted by Gasteiger charge is 2.48. The second kappa shape index (κ2) is 6.28. The van der Waals surface area contributed by atoms with Gasteiger partial charge in [0.25, 0.3) is 0 Å². The highest BCUT2D eigenvalue weighted by molar-refractivity contribution is 5.76. The number of ketones is 1. The van der Waals surface area contributed by atoms with E-state index in [0.29, 0.717) is 0 Å². The lowest BCUT2D eigenvalue weighted by Gasteiger charge is -2.40. The number of anilines is 1. The van der Waals surface area contributed by atoms with E-state index in [0.717, 1.165) is 11.3 Å². The fourth-order valence-electron chi connectivity index (χ4n) is 2.79. The quantitative estimate of drug-likeness (QED) is 0.807. The maximum atomic E-state index is 11.5. The largest absolute Gasteiger partial charge is 0.378 e. The Kier molecular flexibility index (Phi) is 5.14. The Balaban J connectivity index is 3.34. The Bertz CT molecular complexity index is 541. The molecule has 4 heteroatoms. The normalized spacial score (nSPS) is 14.1. The van der Waals surface area contributed by atoms with Crippen LogP contribution in [0, 0.1) is 16.7 Å². The predicted octanol–water partition coefficient (Wildman–Crippen LogP) is 3.12. The highest BCUT2D eigenvalue weighted by atomic mass is 16.5. The fraction of sp³-hybridized carbons (Fsp3) is 0.529. The van der Waals surface area contributed by atoms with Crippen molar-refractivity contribution in [1.29, 1.82) is 5.26 Å². The molecule has 0 amide bonds. The lowest BCUT2D eigenvalue weighted by Crippen LogP contribution is -2.43. The van der Waals surface area contributed by atoms with Gasteiger partial charge in [-0.25, -0.2) is 0 Å². The van der Waals surface area contributed by atoms with Crippen molar-refractivity contribution in [2.45, 2.75) is 32.8 Å². The van der Waals surface area contributed by atoms with E-state index in [2.05, 4.69) is 6.07 Å². The average Bonchev–Trinajstić information content (AvgIpc) is 2.39. The summed E-state index contributed by atoms with van der Waals surface area (Å²) in [5.74, 6) is 0.0431. The van der Waals surface area contributed by atoms with Crippen LogP contribution < -0.4 is 4.90 Å². The molecule has 0 fully saturated rings. The third-order valence-corrected chi connectivity index (χ3v) is 3.90. The number of methoxy groups -OCH3 is 1. The average molecular weight is 288 g/mol. The first-order chi connectivity index (χ1) is 9.70. The molecule has 1 aromatic rings. The SMILES string of the molecule is COC(C#N)(c1ccc(N(C)C)cc1)C(C)(C)CC(C)=O. The summed E-state index contributed by atoms with van der Waals surface area (Å²) in [6.07, 6.45) is 0.282. The maximum absolute atomic E-state index is 11.5. The number of ether oxygens (including phenoxy) is 1. The summed E-state index contributed by atoms with van der Waals surface area (Å²) in [7, 11) is 5.44. The number of Topliss-reactive ketones (excluding diaryl/α,β-unsaturated/α-hetero) is 1. The van der Waals surface area contributed by atoms with Gasteiger partial charge in [0.1, 0.15) is 11.9 Å². The number of nitrogens with zero attached hydrogens (tertiary/aromatic N) is 2. The van der Waals surface area contributed by atoms with Crippen LogP contribution in [0.1, 0.15) is 32.8 Å². The molecule has 0 aliphatic rings. The van der Waals surface area contributed by atoms with Crippen molar-refractivity contribution in [2.24, 2.45) is 5.41 Å². The smallest absolute Gasteiger partial charge is 0.184 e. The Morgan fingerprint density at radius 1 is 1.29 bits per heavy atom. The van der Waals surface area contributed by atoms with Crippen molar-refractivity contribution >= 4 is 11.5 Å². The van der Waals surface area contributed by atoms with Gasteiger partial charge in [0.05, 0.1) is 0 Å². The minimum atomic E-state index is -1.15. The third-order valence-electron chi connectivity index (χ3n) is 3.90. The van der Waals surface area contributed by atoms with E-state index < -0.39 is 11.0 Å². The van der Waals surface area contributed by atoms with Crippen LogP contribution in [0.3, 0.4) is 0 Å². The minimum absolute atomic E-state index is 0.0431. The number of carbonyl (C=O) groups excluding carboxylic acids is 1. The predicted molar refractivity (Wildman–Crippen MR) is 84.1 cm³/mol. The second-order valence-electron chi connectivity index (χ2n) is 6.20. The van der Waals surface area contributed by atoms with E-state index in [9.17, 15) is 10.1 Å². The van der Waals surface area contributed by atoms with Crippen LogP contribution in [0.25, 0.3) is 0 Å². The van der Waals surface area contributed by atoms with Crippen molar-refractivity contribution in [2.75, 3.05) is 26.1 Å². The number of hydrogen-bond donors (Lipinski definition) is 0. The number of nitriles is 1. The molecule has 1 unspecified atom stereocenters. The summed E-state index contributed by atoms with van der Waals surface area (Å²) in [6, 6.07) is 9.97. The number of rotatable bonds is 6. The molecule has 0 aliphatic heterocycles. The summed E-state index contributed by atoms with van der Waals surface area (Å²) >= 11 is 0. The van der Waals surface area contributed by atoms with Gasteiger partial charge in [-0.2, -0.15) is 5.26 Å². The minimum Gasteiger partial charge on any atom is -0.378 e. The monoisotopic (exact) mass is 288 g/mol. The van der Waals surface area contributed by atoms with E-state index in [4.69, 9.17) is 4.74 Å². The first kappa shape index (κ1) is 17.2. The Morgan fingerprint density at radius 3 is 2.14 bits per heavy atom. The molecular weight excluding hydrogens is 264 g/mol. The molecule has 0 N–H and O–H groups in total. The molecule has 1 atom stereocenters. The van der Waals surface area contributed by atoms with Crippen molar-refractivity contribution in [1.82, 2.24) is 0 Å². The van der Waals surface area contributed by atoms with Gasteiger partial charge in [0.2, 0.25) is 0 Å². The lowest BCUT2D eigenvalue weighted by molar-refractivity contribution is -0.125. The lowest BCUT2D eigenvalue weighted by atomic mass is 9.68. The molecule has 1 rings (SSSR count). The first-order valence-electron chi connectivity index (χ1n) is 6.94. The Labute approximate surface area is 127 Å². The fourth-order valence-corrected chi connectivity index (χ4v) is 2.79. The summed E-state index contributed by atoms with van der Waals surface area (Å²) in [5, 5.41) is 9.76. The van der Waals surface area contributed by atoms with Crippen molar-refractivity contribution in [3.8, 4) is 6.07 Å². The molecule has 0 saturated carbocycles. The van der Waals surface area contributed by atoms with Gasteiger partial charge in [0, 0.05) is 38.7 Å². The summed E-state index contributed by atoms with van der Waals surface area (Å²) < 4.78 is 5.61. The number of carbonyl (C=O) groups is 1. The molecule has 114 valence electrons. The zero-order valence-corrected chi connectivity index (χ0v) is 13.7. The molecule has 1 aromatic carbocycles. The van der Waals surface area contributed by atoms with Crippen LogP contribution >= 0.6 is 0 Å². The van der Waals surface area contributed by atoms with Crippen LogP contribution in [0.4, 0.5) is 5.69 Å². The van der Waals surface area contributed by atoms with Gasteiger partial charge in [0.15, 0.2) is 5.60 Å². The van der Waals surface area contributed by atoms with Gasteiger partial charge in [-0.15, -0.1) is 0 Å². The van der Waals surface area contributed by atoms with Crippen LogP contribution in [0.2, 0.25) is 0 Å². The van der Waals surface area contributed by atoms with Crippen molar-refractivity contribution in [3.05, 3.63) is 29.8 Å². The standard InChI is InChI=1S/C17H24N2O2/c1-13(20)11-16(2,3)17(12-18,21-6)14-7-9-15(10-8-14)19(4)5/h7-10H,11H2,1-6H3. The molecule has 4 nitrogen and oxygen atoms in total. The number of benzene rings is 1. The van der Waals surface area contributed by atoms with Crippen LogP contribution in [0.15, 0.2) is 24.3 Å². The molecule has 0 heterocycles. The van der Waals surface area contributed by atoms with Gasteiger partial charge in [-0.1, -0.05) is 26.0 Å². The molecule has 0 saturated heterocycles. The third kappa shape index (κ3) is 3.25.